The van der Waals surface area contributed by atoms with E-state index in [2.05, 4.69) is 0 Å². The van der Waals surface area contributed by atoms with Crippen molar-refractivity contribution in [2.75, 3.05) is 0 Å². The fraction of sp³-hybridized carbons (Fsp3) is 0.500. The minimum atomic E-state index is -0.427. The van der Waals surface area contributed by atoms with Gasteiger partial charge in [0.15, 0.2) is 0 Å². The van der Waals surface area contributed by atoms with Gasteiger partial charge in [0.1, 0.15) is 0 Å². The molecule has 1 aromatic heterocycles. The average molecular weight is 281 g/mol. The van der Waals surface area contributed by atoms with Gasteiger partial charge in [0.2, 0.25) is 0 Å². The van der Waals surface area contributed by atoms with Gasteiger partial charge < -0.3 is 9.31 Å². The number of hydrogen-bond donors (Lipinski definition) is 0. The highest BCUT2D eigenvalue weighted by Gasteiger charge is 2.49. The first-order valence-electron chi connectivity index (χ1n) is 5.98. The lowest BCUT2D eigenvalue weighted by Gasteiger charge is -2.32. The highest BCUT2D eigenvalue weighted by atomic mass is 32.1. The van der Waals surface area contributed by atoms with E-state index in [1.807, 2.05) is 27.7 Å². The van der Waals surface area contributed by atoms with Gasteiger partial charge in [-0.25, -0.2) is 0 Å². The monoisotopic (exact) mass is 281 g/mol. The molecule has 0 spiro atoms. The summed E-state index contributed by atoms with van der Waals surface area (Å²) >= 11 is 1.11. The predicted octanol–water partition coefficient (Wildman–Crippen LogP) is 3.30. The molecule has 5 nitrogen and oxygen atoms in total. The highest BCUT2D eigenvalue weighted by molar-refractivity contribution is 7.13. The fourth-order valence-electron chi connectivity index (χ4n) is 1.68. The zero-order valence-corrected chi connectivity index (χ0v) is 12.2. The average Bonchev–Trinajstić information content (AvgIpc) is 2.79. The van der Waals surface area contributed by atoms with Crippen molar-refractivity contribution in [2.45, 2.75) is 38.9 Å². The van der Waals surface area contributed by atoms with E-state index in [1.54, 1.807) is 17.4 Å². The Morgan fingerprint density at radius 3 is 2.37 bits per heavy atom. The molecule has 0 atom stereocenters. The Morgan fingerprint density at radius 1 is 1.32 bits per heavy atom. The number of thiophene rings is 1. The van der Waals surface area contributed by atoms with Crippen LogP contribution in [0.2, 0.25) is 0 Å². The zero-order chi connectivity index (χ0) is 14.3. The van der Waals surface area contributed by atoms with E-state index in [0.29, 0.717) is 0 Å². The SMILES string of the molecule is CC1(C)OB(/C=C/c2csc([N+](=O)[O-])c2)OC1(C)C. The fourth-order valence-corrected chi connectivity index (χ4v) is 2.37. The molecule has 102 valence electrons. The van der Waals surface area contributed by atoms with Crippen LogP contribution in [0.3, 0.4) is 0 Å². The third-order valence-electron chi connectivity index (χ3n) is 3.50. The molecule has 2 rings (SSSR count). The molecule has 1 saturated heterocycles. The van der Waals surface area contributed by atoms with Crippen molar-refractivity contribution in [3.8, 4) is 0 Å². The maximum absolute atomic E-state index is 10.6. The van der Waals surface area contributed by atoms with E-state index in [4.69, 9.17) is 9.31 Å². The summed E-state index contributed by atoms with van der Waals surface area (Å²) in [4.78, 5) is 10.2. The molecule has 19 heavy (non-hydrogen) atoms. The van der Waals surface area contributed by atoms with Crippen molar-refractivity contribution in [1.82, 2.24) is 0 Å². The Kier molecular flexibility index (Phi) is 3.55. The van der Waals surface area contributed by atoms with Crippen molar-refractivity contribution < 1.29 is 14.2 Å². The lowest BCUT2D eigenvalue weighted by molar-refractivity contribution is -0.380. The van der Waals surface area contributed by atoms with Gasteiger partial charge >= 0.3 is 12.1 Å². The Balaban J connectivity index is 2.06. The molecule has 1 aromatic rings. The first kappa shape index (κ1) is 14.2. The maximum Gasteiger partial charge on any atom is 0.487 e. The van der Waals surface area contributed by atoms with Crippen molar-refractivity contribution >= 4 is 29.5 Å². The topological polar surface area (TPSA) is 61.6 Å². The zero-order valence-electron chi connectivity index (χ0n) is 11.4. The number of rotatable bonds is 3. The van der Waals surface area contributed by atoms with Gasteiger partial charge in [-0.1, -0.05) is 23.4 Å². The molecule has 0 aromatic carbocycles. The van der Waals surface area contributed by atoms with Gasteiger partial charge in [0.05, 0.1) is 16.1 Å². The molecule has 0 amide bonds. The van der Waals surface area contributed by atoms with E-state index in [0.717, 1.165) is 16.9 Å². The van der Waals surface area contributed by atoms with Gasteiger partial charge in [0, 0.05) is 11.4 Å². The number of nitrogens with zero attached hydrogens (tertiary/aromatic N) is 1. The van der Waals surface area contributed by atoms with Crippen LogP contribution in [0.25, 0.3) is 6.08 Å². The van der Waals surface area contributed by atoms with E-state index < -0.39 is 12.0 Å². The second kappa shape index (κ2) is 4.74. The molecule has 0 N–H and O–H groups in total. The van der Waals surface area contributed by atoms with E-state index in [1.165, 1.54) is 6.07 Å². The smallest absolute Gasteiger partial charge is 0.400 e. The van der Waals surface area contributed by atoms with Crippen LogP contribution < -0.4 is 0 Å². The normalized spacial score (nSPS) is 21.2. The molecule has 1 aliphatic heterocycles. The molecule has 0 aliphatic carbocycles. The molecule has 1 fully saturated rings. The largest absolute Gasteiger partial charge is 0.487 e. The van der Waals surface area contributed by atoms with Crippen molar-refractivity contribution in [2.24, 2.45) is 0 Å². The molecule has 2 heterocycles. The summed E-state index contributed by atoms with van der Waals surface area (Å²) in [7, 11) is -0.427. The Bertz CT molecular complexity index is 508. The predicted molar refractivity (Wildman–Crippen MR) is 76.1 cm³/mol. The lowest BCUT2D eigenvalue weighted by atomic mass is 9.89. The van der Waals surface area contributed by atoms with Crippen molar-refractivity contribution in [3.63, 3.8) is 0 Å². The highest BCUT2D eigenvalue weighted by Crippen LogP contribution is 2.37. The Morgan fingerprint density at radius 2 is 1.89 bits per heavy atom. The van der Waals surface area contributed by atoms with Crippen LogP contribution in [0.5, 0.6) is 0 Å². The molecule has 0 unspecified atom stereocenters. The van der Waals surface area contributed by atoms with Crippen LogP contribution in [0.1, 0.15) is 33.3 Å². The summed E-state index contributed by atoms with van der Waals surface area (Å²) in [6.45, 7) is 7.93. The summed E-state index contributed by atoms with van der Waals surface area (Å²) in [5, 5.41) is 12.5. The summed E-state index contributed by atoms with van der Waals surface area (Å²) in [6, 6.07) is 1.53. The van der Waals surface area contributed by atoms with Crippen LogP contribution in [0.15, 0.2) is 17.4 Å². The molecule has 0 radical (unpaired) electrons. The van der Waals surface area contributed by atoms with Crippen molar-refractivity contribution in [3.05, 3.63) is 33.1 Å². The second-order valence-electron chi connectivity index (χ2n) is 5.46. The summed E-state index contributed by atoms with van der Waals surface area (Å²) in [5.41, 5.74) is 0.0390. The Labute approximate surface area is 116 Å². The summed E-state index contributed by atoms with van der Waals surface area (Å²) in [6.07, 6.45) is 1.78. The first-order valence-corrected chi connectivity index (χ1v) is 6.86. The van der Waals surface area contributed by atoms with Gasteiger partial charge in [-0.05, 0) is 33.3 Å². The quantitative estimate of drug-likeness (QED) is 0.484. The second-order valence-corrected chi connectivity index (χ2v) is 6.35. The number of nitro groups is 1. The van der Waals surface area contributed by atoms with E-state index in [9.17, 15) is 10.1 Å². The Hall–Kier alpha value is -1.18. The molecule has 1 aliphatic rings. The molecule has 0 saturated carbocycles. The lowest BCUT2D eigenvalue weighted by Crippen LogP contribution is -2.41. The molecule has 0 bridgehead atoms. The number of hydrogen-bond acceptors (Lipinski definition) is 5. The molecular weight excluding hydrogens is 265 g/mol. The standard InChI is InChI=1S/C12H16BNO4S/c1-11(2)12(3,4)18-13(17-11)6-5-9-7-10(14(15)16)19-8-9/h5-8H,1-4H3/b6-5+. The van der Waals surface area contributed by atoms with Gasteiger partial charge in [-0.15, -0.1) is 0 Å². The molecule has 7 heteroatoms. The maximum atomic E-state index is 10.6. The minimum absolute atomic E-state index is 0.133. The third-order valence-corrected chi connectivity index (χ3v) is 4.40. The summed E-state index contributed by atoms with van der Waals surface area (Å²) < 4.78 is 11.6. The van der Waals surface area contributed by atoms with Crippen LogP contribution in [0, 0.1) is 10.1 Å². The van der Waals surface area contributed by atoms with E-state index >= 15 is 0 Å². The van der Waals surface area contributed by atoms with Crippen LogP contribution in [0.4, 0.5) is 5.00 Å². The van der Waals surface area contributed by atoms with Crippen LogP contribution >= 0.6 is 11.3 Å². The first-order chi connectivity index (χ1) is 8.71. The van der Waals surface area contributed by atoms with Crippen LogP contribution in [-0.4, -0.2) is 23.2 Å². The van der Waals surface area contributed by atoms with Gasteiger partial charge in [0.25, 0.3) is 0 Å². The molecular formula is C12H16BNO4S. The van der Waals surface area contributed by atoms with Crippen LogP contribution in [-0.2, 0) is 9.31 Å². The summed E-state index contributed by atoms with van der Waals surface area (Å²) in [5.74, 6) is 1.78. The van der Waals surface area contributed by atoms with Gasteiger partial charge in [-0.2, -0.15) is 0 Å². The van der Waals surface area contributed by atoms with Crippen molar-refractivity contribution in [1.29, 1.82) is 0 Å². The minimum Gasteiger partial charge on any atom is -0.400 e. The third kappa shape index (κ3) is 2.88. The van der Waals surface area contributed by atoms with E-state index in [-0.39, 0.29) is 16.2 Å². The van der Waals surface area contributed by atoms with Gasteiger partial charge in [-0.3, -0.25) is 10.1 Å².